The lowest BCUT2D eigenvalue weighted by atomic mass is 10.1. The van der Waals surface area contributed by atoms with E-state index >= 15 is 0 Å². The minimum atomic E-state index is -0.150. The fourth-order valence-corrected chi connectivity index (χ4v) is 2.58. The summed E-state index contributed by atoms with van der Waals surface area (Å²) in [6.07, 6.45) is 3.61. The van der Waals surface area contributed by atoms with Crippen molar-refractivity contribution in [1.82, 2.24) is 10.2 Å². The van der Waals surface area contributed by atoms with Gasteiger partial charge in [-0.3, -0.25) is 4.90 Å². The molecule has 1 heterocycles. The molecule has 0 aromatic heterocycles. The summed E-state index contributed by atoms with van der Waals surface area (Å²) >= 11 is 0. The second kappa shape index (κ2) is 6.12. The summed E-state index contributed by atoms with van der Waals surface area (Å²) in [5.74, 6) is -0.150. The van der Waals surface area contributed by atoms with Crippen LogP contribution in [0.15, 0.2) is 24.3 Å². The summed E-state index contributed by atoms with van der Waals surface area (Å²) in [6, 6.07) is 7.55. The van der Waals surface area contributed by atoms with E-state index in [1.165, 1.54) is 24.9 Å². The molecule has 1 aliphatic rings. The highest BCUT2D eigenvalue weighted by Crippen LogP contribution is 2.17. The lowest BCUT2D eigenvalue weighted by Crippen LogP contribution is -2.37. The molecular weight excluding hydrogens is 215 g/mol. The van der Waals surface area contributed by atoms with E-state index in [4.69, 9.17) is 0 Å². The van der Waals surface area contributed by atoms with E-state index in [0.29, 0.717) is 6.04 Å². The third kappa shape index (κ3) is 3.51. The second-order valence-electron chi connectivity index (χ2n) is 4.77. The van der Waals surface area contributed by atoms with Crippen LogP contribution in [0.3, 0.4) is 0 Å². The van der Waals surface area contributed by atoms with Crippen LogP contribution in [0.1, 0.15) is 18.4 Å². The van der Waals surface area contributed by atoms with Crippen molar-refractivity contribution >= 4 is 0 Å². The highest BCUT2D eigenvalue weighted by Gasteiger charge is 2.22. The number of nitrogens with zero attached hydrogens (tertiary/aromatic N) is 1. The quantitative estimate of drug-likeness (QED) is 0.841. The Bertz CT molecular complexity index is 337. The Balaban J connectivity index is 1.83. The zero-order valence-corrected chi connectivity index (χ0v) is 10.5. The average Bonchev–Trinajstić information content (AvgIpc) is 2.77. The minimum absolute atomic E-state index is 0.150. The van der Waals surface area contributed by atoms with E-state index < -0.39 is 0 Å². The summed E-state index contributed by atoms with van der Waals surface area (Å²) in [7, 11) is 2.01. The summed E-state index contributed by atoms with van der Waals surface area (Å²) in [6.45, 7) is 3.36. The molecule has 0 radical (unpaired) electrons. The molecule has 1 aromatic carbocycles. The maximum atomic E-state index is 12.8. The van der Waals surface area contributed by atoms with Gasteiger partial charge in [0.05, 0.1) is 0 Å². The monoisotopic (exact) mass is 236 g/mol. The van der Waals surface area contributed by atoms with Crippen molar-refractivity contribution < 1.29 is 4.39 Å². The number of likely N-dealkylation sites (N-methyl/N-ethyl adjacent to an activating group) is 1. The van der Waals surface area contributed by atoms with Crippen molar-refractivity contribution in [3.8, 4) is 0 Å². The van der Waals surface area contributed by atoms with Gasteiger partial charge in [-0.25, -0.2) is 4.39 Å². The zero-order chi connectivity index (χ0) is 12.1. The van der Waals surface area contributed by atoms with Gasteiger partial charge in [0.15, 0.2) is 0 Å². The van der Waals surface area contributed by atoms with Crippen molar-refractivity contribution in [3.63, 3.8) is 0 Å². The third-order valence-corrected chi connectivity index (χ3v) is 3.54. The van der Waals surface area contributed by atoms with Crippen molar-refractivity contribution in [2.45, 2.75) is 25.3 Å². The first-order chi connectivity index (χ1) is 8.29. The zero-order valence-electron chi connectivity index (χ0n) is 10.5. The van der Waals surface area contributed by atoms with Crippen molar-refractivity contribution in [2.24, 2.45) is 0 Å². The molecule has 0 bridgehead atoms. The summed E-state index contributed by atoms with van der Waals surface area (Å²) in [5, 5.41) is 3.25. The first kappa shape index (κ1) is 12.5. The number of rotatable bonds is 5. The van der Waals surface area contributed by atoms with Crippen LogP contribution in [0, 0.1) is 5.82 Å². The molecule has 2 nitrogen and oxygen atoms in total. The number of nitrogens with one attached hydrogen (secondary N) is 1. The molecule has 94 valence electrons. The summed E-state index contributed by atoms with van der Waals surface area (Å²) in [5.41, 5.74) is 1.22. The molecule has 0 aliphatic carbocycles. The van der Waals surface area contributed by atoms with E-state index in [0.717, 1.165) is 19.5 Å². The predicted molar refractivity (Wildman–Crippen MR) is 68.6 cm³/mol. The number of hydrogen-bond donors (Lipinski definition) is 1. The SMILES string of the molecule is CNCC1CCCN1CCc1ccc(F)cc1. The van der Waals surface area contributed by atoms with E-state index in [1.54, 1.807) is 12.1 Å². The maximum absolute atomic E-state index is 12.8. The standard InChI is InChI=1S/C14H21FN2/c1-16-11-14-3-2-9-17(14)10-8-12-4-6-13(15)7-5-12/h4-7,14,16H,2-3,8-11H2,1H3. The minimum Gasteiger partial charge on any atom is -0.318 e. The van der Waals surface area contributed by atoms with Gasteiger partial charge in [0, 0.05) is 19.1 Å². The predicted octanol–water partition coefficient (Wildman–Crippen LogP) is 2.05. The van der Waals surface area contributed by atoms with Crippen molar-refractivity contribution in [3.05, 3.63) is 35.6 Å². The van der Waals surface area contributed by atoms with Gasteiger partial charge in [0.25, 0.3) is 0 Å². The molecule has 0 saturated carbocycles. The van der Waals surface area contributed by atoms with Crippen LogP contribution in [0.4, 0.5) is 4.39 Å². The number of halogens is 1. The Labute approximate surface area is 103 Å². The number of benzene rings is 1. The Morgan fingerprint density at radius 3 is 2.82 bits per heavy atom. The van der Waals surface area contributed by atoms with Gasteiger partial charge >= 0.3 is 0 Å². The highest BCUT2D eigenvalue weighted by atomic mass is 19.1. The van der Waals surface area contributed by atoms with Crippen molar-refractivity contribution in [2.75, 3.05) is 26.7 Å². The van der Waals surface area contributed by atoms with Crippen LogP contribution in [0.2, 0.25) is 0 Å². The van der Waals surface area contributed by atoms with Crippen LogP contribution in [-0.2, 0) is 6.42 Å². The van der Waals surface area contributed by atoms with Crippen LogP contribution in [0.25, 0.3) is 0 Å². The molecule has 0 spiro atoms. The van der Waals surface area contributed by atoms with E-state index in [1.807, 2.05) is 19.2 Å². The molecule has 1 aliphatic heterocycles. The molecule has 1 atom stereocenters. The van der Waals surface area contributed by atoms with Gasteiger partial charge in [-0.15, -0.1) is 0 Å². The normalized spacial score (nSPS) is 20.9. The largest absolute Gasteiger partial charge is 0.318 e. The van der Waals surface area contributed by atoms with Gasteiger partial charge in [-0.2, -0.15) is 0 Å². The van der Waals surface area contributed by atoms with E-state index in [9.17, 15) is 4.39 Å². The molecule has 3 heteroatoms. The van der Waals surface area contributed by atoms with Crippen LogP contribution in [-0.4, -0.2) is 37.6 Å². The maximum Gasteiger partial charge on any atom is 0.123 e. The first-order valence-electron chi connectivity index (χ1n) is 6.42. The van der Waals surface area contributed by atoms with Gasteiger partial charge in [-0.1, -0.05) is 12.1 Å². The molecule has 17 heavy (non-hydrogen) atoms. The molecule has 1 fully saturated rings. The van der Waals surface area contributed by atoms with E-state index in [-0.39, 0.29) is 5.82 Å². The Morgan fingerprint density at radius 1 is 1.35 bits per heavy atom. The molecule has 1 N–H and O–H groups in total. The Morgan fingerprint density at radius 2 is 2.12 bits per heavy atom. The molecular formula is C14H21FN2. The average molecular weight is 236 g/mol. The molecule has 0 amide bonds. The first-order valence-corrected chi connectivity index (χ1v) is 6.42. The fourth-order valence-electron chi connectivity index (χ4n) is 2.58. The smallest absolute Gasteiger partial charge is 0.123 e. The summed E-state index contributed by atoms with van der Waals surface area (Å²) < 4.78 is 12.8. The molecule has 2 rings (SSSR count). The second-order valence-corrected chi connectivity index (χ2v) is 4.77. The third-order valence-electron chi connectivity index (χ3n) is 3.54. The van der Waals surface area contributed by atoms with Gasteiger partial charge in [0.2, 0.25) is 0 Å². The van der Waals surface area contributed by atoms with Crippen LogP contribution >= 0.6 is 0 Å². The van der Waals surface area contributed by atoms with Crippen LogP contribution in [0.5, 0.6) is 0 Å². The van der Waals surface area contributed by atoms with Gasteiger partial charge < -0.3 is 5.32 Å². The number of hydrogen-bond acceptors (Lipinski definition) is 2. The molecule has 1 saturated heterocycles. The lowest BCUT2D eigenvalue weighted by Gasteiger charge is -2.24. The topological polar surface area (TPSA) is 15.3 Å². The highest BCUT2D eigenvalue weighted by molar-refractivity contribution is 5.16. The molecule has 1 unspecified atom stereocenters. The van der Waals surface area contributed by atoms with Crippen molar-refractivity contribution in [1.29, 1.82) is 0 Å². The fraction of sp³-hybridized carbons (Fsp3) is 0.571. The Kier molecular flexibility index (Phi) is 4.51. The molecule has 1 aromatic rings. The number of likely N-dealkylation sites (tertiary alicyclic amines) is 1. The summed E-state index contributed by atoms with van der Waals surface area (Å²) in [4.78, 5) is 2.54. The lowest BCUT2D eigenvalue weighted by molar-refractivity contribution is 0.253. The van der Waals surface area contributed by atoms with Gasteiger partial charge in [-0.05, 0) is 50.6 Å². The Hall–Kier alpha value is -0.930. The van der Waals surface area contributed by atoms with Crippen LogP contribution < -0.4 is 5.32 Å². The van der Waals surface area contributed by atoms with E-state index in [2.05, 4.69) is 10.2 Å². The van der Waals surface area contributed by atoms with Gasteiger partial charge in [0.1, 0.15) is 5.82 Å².